The molecule has 0 atom stereocenters. The summed E-state index contributed by atoms with van der Waals surface area (Å²) in [5.74, 6) is 0.688. The average molecular weight is 214 g/mol. The highest BCUT2D eigenvalue weighted by atomic mass is 35.5. The van der Waals surface area contributed by atoms with Crippen LogP contribution in [0.3, 0.4) is 0 Å². The molecule has 0 bridgehead atoms. The fourth-order valence-corrected chi connectivity index (χ4v) is 1.20. The highest BCUT2D eigenvalue weighted by molar-refractivity contribution is 6.32. The first kappa shape index (κ1) is 11.2. The van der Waals surface area contributed by atoms with Gasteiger partial charge >= 0.3 is 0 Å². The molecule has 14 heavy (non-hydrogen) atoms. The van der Waals surface area contributed by atoms with Crippen LogP contribution in [0.2, 0.25) is 5.02 Å². The summed E-state index contributed by atoms with van der Waals surface area (Å²) in [6.45, 7) is 6.13. The Morgan fingerprint density at radius 3 is 2.57 bits per heavy atom. The third-order valence-electron chi connectivity index (χ3n) is 2.19. The van der Waals surface area contributed by atoms with E-state index < -0.39 is 0 Å². The van der Waals surface area contributed by atoms with Gasteiger partial charge in [-0.25, -0.2) is 0 Å². The molecule has 0 unspecified atom stereocenters. The summed E-state index contributed by atoms with van der Waals surface area (Å²) in [6.07, 6.45) is 0.924. The number of halogens is 1. The molecule has 0 amide bonds. The van der Waals surface area contributed by atoms with Crippen molar-refractivity contribution in [3.8, 4) is 5.75 Å². The van der Waals surface area contributed by atoms with E-state index >= 15 is 0 Å². The fraction of sp³-hybridized carbons (Fsp3) is 0.455. The highest BCUT2D eigenvalue weighted by Gasteiger charge is 2.18. The van der Waals surface area contributed by atoms with Crippen molar-refractivity contribution in [2.75, 3.05) is 5.73 Å². The molecule has 0 saturated heterocycles. The Morgan fingerprint density at radius 1 is 1.43 bits per heavy atom. The Labute approximate surface area is 90.0 Å². The van der Waals surface area contributed by atoms with Crippen LogP contribution < -0.4 is 10.5 Å². The van der Waals surface area contributed by atoms with Gasteiger partial charge in [-0.3, -0.25) is 0 Å². The Kier molecular flexibility index (Phi) is 3.27. The number of hydrogen-bond acceptors (Lipinski definition) is 2. The predicted octanol–water partition coefficient (Wildman–Crippen LogP) is 3.49. The van der Waals surface area contributed by atoms with Gasteiger partial charge in [0.15, 0.2) is 0 Å². The van der Waals surface area contributed by atoms with E-state index in [2.05, 4.69) is 6.92 Å². The Bertz CT molecular complexity index is 323. The van der Waals surface area contributed by atoms with E-state index in [0.29, 0.717) is 16.5 Å². The zero-order valence-corrected chi connectivity index (χ0v) is 9.56. The normalized spacial score (nSPS) is 11.4. The van der Waals surface area contributed by atoms with Crippen molar-refractivity contribution in [1.29, 1.82) is 0 Å². The summed E-state index contributed by atoms with van der Waals surface area (Å²) in [4.78, 5) is 0. The summed E-state index contributed by atoms with van der Waals surface area (Å²) < 4.78 is 5.75. The number of nitrogen functional groups attached to an aromatic ring is 1. The quantitative estimate of drug-likeness (QED) is 0.781. The monoisotopic (exact) mass is 213 g/mol. The Balaban J connectivity index is 2.87. The first-order valence-electron chi connectivity index (χ1n) is 4.68. The molecule has 1 aromatic carbocycles. The predicted molar refractivity (Wildman–Crippen MR) is 60.9 cm³/mol. The van der Waals surface area contributed by atoms with E-state index in [4.69, 9.17) is 22.1 Å². The molecule has 1 aromatic rings. The molecule has 0 aliphatic carbocycles. The van der Waals surface area contributed by atoms with Crippen LogP contribution in [0.15, 0.2) is 18.2 Å². The fourth-order valence-electron chi connectivity index (χ4n) is 0.970. The zero-order valence-electron chi connectivity index (χ0n) is 8.80. The van der Waals surface area contributed by atoms with Crippen molar-refractivity contribution in [1.82, 2.24) is 0 Å². The van der Waals surface area contributed by atoms with Gasteiger partial charge in [-0.2, -0.15) is 0 Å². The molecule has 2 N–H and O–H groups in total. The largest absolute Gasteiger partial charge is 0.486 e. The maximum Gasteiger partial charge on any atom is 0.138 e. The summed E-state index contributed by atoms with van der Waals surface area (Å²) in [5.41, 5.74) is 6.04. The third kappa shape index (κ3) is 2.81. The smallest absolute Gasteiger partial charge is 0.138 e. The number of nitrogens with two attached hydrogens (primary N) is 1. The molecule has 0 fully saturated rings. The summed E-state index contributed by atoms with van der Waals surface area (Å²) in [6, 6.07) is 5.28. The number of benzene rings is 1. The number of hydrogen-bond donors (Lipinski definition) is 1. The summed E-state index contributed by atoms with van der Waals surface area (Å²) in [5, 5.41) is 0.562. The van der Waals surface area contributed by atoms with Crippen molar-refractivity contribution >= 4 is 17.3 Å². The lowest BCUT2D eigenvalue weighted by Crippen LogP contribution is -2.26. The van der Waals surface area contributed by atoms with E-state index in [1.54, 1.807) is 18.2 Å². The van der Waals surface area contributed by atoms with Crippen LogP contribution in [0.25, 0.3) is 0 Å². The minimum Gasteiger partial charge on any atom is -0.486 e. The van der Waals surface area contributed by atoms with Gasteiger partial charge in [0.25, 0.3) is 0 Å². The van der Waals surface area contributed by atoms with Gasteiger partial charge in [-0.05, 0) is 38.5 Å². The van der Waals surface area contributed by atoms with Gasteiger partial charge in [-0.1, -0.05) is 18.5 Å². The van der Waals surface area contributed by atoms with Crippen LogP contribution in [0.4, 0.5) is 5.69 Å². The van der Waals surface area contributed by atoms with Crippen molar-refractivity contribution in [2.24, 2.45) is 0 Å². The zero-order chi connectivity index (χ0) is 10.8. The van der Waals surface area contributed by atoms with E-state index in [9.17, 15) is 0 Å². The lowest BCUT2D eigenvalue weighted by Gasteiger charge is -2.25. The van der Waals surface area contributed by atoms with Crippen LogP contribution in [0, 0.1) is 0 Å². The SMILES string of the molecule is CCC(C)(C)Oc1ccc(N)cc1Cl. The standard InChI is InChI=1S/C11H16ClNO/c1-4-11(2,3)14-10-6-5-8(13)7-9(10)12/h5-7H,4,13H2,1-3H3. The van der Waals surface area contributed by atoms with Crippen LogP contribution >= 0.6 is 11.6 Å². The second-order valence-corrected chi connectivity index (χ2v) is 4.31. The molecule has 3 heteroatoms. The molecule has 0 spiro atoms. The highest BCUT2D eigenvalue weighted by Crippen LogP contribution is 2.30. The lowest BCUT2D eigenvalue weighted by molar-refractivity contribution is 0.105. The molecule has 0 aliphatic rings. The molecule has 0 saturated carbocycles. The second-order valence-electron chi connectivity index (χ2n) is 3.91. The number of rotatable bonds is 3. The molecular formula is C11H16ClNO. The molecule has 1 rings (SSSR count). The molecule has 0 radical (unpaired) electrons. The van der Waals surface area contributed by atoms with E-state index in [1.165, 1.54) is 0 Å². The van der Waals surface area contributed by atoms with Gasteiger partial charge in [-0.15, -0.1) is 0 Å². The molecule has 0 aliphatic heterocycles. The van der Waals surface area contributed by atoms with Gasteiger partial charge in [0.1, 0.15) is 11.4 Å². The minimum atomic E-state index is -0.195. The van der Waals surface area contributed by atoms with Crippen LogP contribution in [-0.2, 0) is 0 Å². The van der Waals surface area contributed by atoms with Gasteiger partial charge in [0.05, 0.1) is 5.02 Å². The molecule has 0 aromatic heterocycles. The first-order valence-corrected chi connectivity index (χ1v) is 5.06. The first-order chi connectivity index (χ1) is 6.44. The van der Waals surface area contributed by atoms with E-state index in [-0.39, 0.29) is 5.60 Å². The van der Waals surface area contributed by atoms with E-state index in [1.807, 2.05) is 13.8 Å². The van der Waals surface area contributed by atoms with Crippen LogP contribution in [-0.4, -0.2) is 5.60 Å². The molecule has 78 valence electrons. The Hall–Kier alpha value is -0.890. The van der Waals surface area contributed by atoms with Crippen molar-refractivity contribution in [2.45, 2.75) is 32.8 Å². The Morgan fingerprint density at radius 2 is 2.07 bits per heavy atom. The average Bonchev–Trinajstić information content (AvgIpc) is 2.10. The van der Waals surface area contributed by atoms with Gasteiger partial charge < -0.3 is 10.5 Å². The number of ether oxygens (including phenoxy) is 1. The third-order valence-corrected chi connectivity index (χ3v) is 2.49. The second kappa shape index (κ2) is 4.09. The minimum absolute atomic E-state index is 0.195. The van der Waals surface area contributed by atoms with Crippen LogP contribution in [0.1, 0.15) is 27.2 Å². The molecular weight excluding hydrogens is 198 g/mol. The number of anilines is 1. The van der Waals surface area contributed by atoms with Crippen molar-refractivity contribution < 1.29 is 4.74 Å². The van der Waals surface area contributed by atoms with Crippen molar-refractivity contribution in [3.05, 3.63) is 23.2 Å². The maximum atomic E-state index is 5.99. The van der Waals surface area contributed by atoms with Crippen LogP contribution in [0.5, 0.6) is 5.75 Å². The molecule has 2 nitrogen and oxygen atoms in total. The maximum absolute atomic E-state index is 5.99. The van der Waals surface area contributed by atoms with Gasteiger partial charge in [0.2, 0.25) is 0 Å². The summed E-state index contributed by atoms with van der Waals surface area (Å²) in [7, 11) is 0. The topological polar surface area (TPSA) is 35.2 Å². The summed E-state index contributed by atoms with van der Waals surface area (Å²) >= 11 is 5.99. The van der Waals surface area contributed by atoms with Crippen molar-refractivity contribution in [3.63, 3.8) is 0 Å². The molecule has 0 heterocycles. The van der Waals surface area contributed by atoms with Gasteiger partial charge in [0, 0.05) is 5.69 Å². The van der Waals surface area contributed by atoms with E-state index in [0.717, 1.165) is 6.42 Å². The lowest BCUT2D eigenvalue weighted by atomic mass is 10.1.